The van der Waals surface area contributed by atoms with Crippen molar-refractivity contribution in [3.63, 3.8) is 0 Å². The van der Waals surface area contributed by atoms with Gasteiger partial charge in [0.05, 0.1) is 0 Å². The van der Waals surface area contributed by atoms with Gasteiger partial charge in [0.2, 0.25) is 0 Å². The lowest BCUT2D eigenvalue weighted by molar-refractivity contribution is 1.44. The van der Waals surface area contributed by atoms with Gasteiger partial charge in [-0.3, -0.25) is 0 Å². The van der Waals surface area contributed by atoms with Crippen LogP contribution in [0, 0.1) is 12.3 Å². The summed E-state index contributed by atoms with van der Waals surface area (Å²) in [7, 11) is 0. The average Bonchev–Trinajstić information content (AvgIpc) is 2.25. The molecule has 0 bridgehead atoms. The maximum atomic E-state index is 7.42. The van der Waals surface area contributed by atoms with Gasteiger partial charge < -0.3 is 5.41 Å². The number of rotatable bonds is 3. The molecule has 0 heterocycles. The van der Waals surface area contributed by atoms with E-state index in [1.54, 1.807) is 0 Å². The zero-order chi connectivity index (χ0) is 11.3. The lowest BCUT2D eigenvalue weighted by Crippen LogP contribution is -1.87. The summed E-state index contributed by atoms with van der Waals surface area (Å²) in [5, 5.41) is 7.42. The summed E-state index contributed by atoms with van der Waals surface area (Å²) in [6.07, 6.45) is 5.48. The molecule has 0 aromatic heterocycles. The van der Waals surface area contributed by atoms with Crippen LogP contribution in [0.3, 0.4) is 0 Å². The molecule has 78 valence electrons. The van der Waals surface area contributed by atoms with Crippen molar-refractivity contribution >= 4 is 11.8 Å². The molecule has 15 heavy (non-hydrogen) atoms. The van der Waals surface area contributed by atoms with E-state index in [1.165, 1.54) is 17.4 Å². The molecule has 0 saturated heterocycles. The number of hydrogen-bond donors (Lipinski definition) is 1. The number of aryl methyl sites for hydroxylation is 1. The van der Waals surface area contributed by atoms with E-state index in [1.807, 2.05) is 38.1 Å². The molecular formula is C14H17N. The summed E-state index contributed by atoms with van der Waals surface area (Å²) in [5.74, 6) is 0. The second kappa shape index (κ2) is 5.30. The monoisotopic (exact) mass is 199 g/mol. The van der Waals surface area contributed by atoms with Crippen LogP contribution in [0.1, 0.15) is 25.0 Å². The number of allylic oxidation sites excluding steroid dienone is 4. The van der Waals surface area contributed by atoms with Crippen molar-refractivity contribution in [2.75, 3.05) is 0 Å². The van der Waals surface area contributed by atoms with Crippen LogP contribution in [0.25, 0.3) is 5.57 Å². The van der Waals surface area contributed by atoms with Gasteiger partial charge in [-0.1, -0.05) is 47.6 Å². The second-order valence-electron chi connectivity index (χ2n) is 3.65. The number of benzene rings is 1. The van der Waals surface area contributed by atoms with Gasteiger partial charge in [0.25, 0.3) is 0 Å². The maximum absolute atomic E-state index is 7.42. The fourth-order valence-electron chi connectivity index (χ4n) is 1.36. The van der Waals surface area contributed by atoms with Crippen LogP contribution < -0.4 is 0 Å². The van der Waals surface area contributed by atoms with Crippen molar-refractivity contribution in [3.8, 4) is 0 Å². The van der Waals surface area contributed by atoms with E-state index in [-0.39, 0.29) is 0 Å². The van der Waals surface area contributed by atoms with E-state index in [9.17, 15) is 0 Å². The average molecular weight is 199 g/mol. The largest absolute Gasteiger partial charge is 0.308 e. The molecule has 0 radical (unpaired) electrons. The molecule has 1 rings (SSSR count). The smallest absolute Gasteiger partial charge is 0.0256 e. The first-order valence-electron chi connectivity index (χ1n) is 5.09. The SMILES string of the molecule is C/C=C(C)\C=C(/C=N)c1cccc(C)c1. The Balaban J connectivity index is 3.13. The molecule has 1 heteroatoms. The van der Waals surface area contributed by atoms with Gasteiger partial charge in [0, 0.05) is 6.21 Å². The molecule has 0 atom stereocenters. The van der Waals surface area contributed by atoms with Gasteiger partial charge in [-0.25, -0.2) is 0 Å². The predicted octanol–water partition coefficient (Wildman–Crippen LogP) is 3.99. The zero-order valence-corrected chi connectivity index (χ0v) is 9.54. The Bertz CT molecular complexity index is 411. The molecule has 0 fully saturated rings. The Hall–Kier alpha value is -1.63. The molecule has 0 spiro atoms. The number of hydrogen-bond acceptors (Lipinski definition) is 1. The topological polar surface area (TPSA) is 23.9 Å². The Morgan fingerprint density at radius 3 is 2.60 bits per heavy atom. The summed E-state index contributed by atoms with van der Waals surface area (Å²) in [6.45, 7) is 6.11. The van der Waals surface area contributed by atoms with E-state index in [4.69, 9.17) is 5.41 Å². The van der Waals surface area contributed by atoms with Crippen LogP contribution in [0.5, 0.6) is 0 Å². The first-order chi connectivity index (χ1) is 7.17. The lowest BCUT2D eigenvalue weighted by Gasteiger charge is -2.03. The molecular weight excluding hydrogens is 182 g/mol. The van der Waals surface area contributed by atoms with Crippen molar-refractivity contribution in [3.05, 3.63) is 53.1 Å². The highest BCUT2D eigenvalue weighted by Gasteiger charge is 1.98. The van der Waals surface area contributed by atoms with Gasteiger partial charge in [-0.2, -0.15) is 0 Å². The minimum atomic E-state index is 0.953. The second-order valence-corrected chi connectivity index (χ2v) is 3.65. The molecule has 1 aromatic rings. The van der Waals surface area contributed by atoms with Crippen LogP contribution >= 0.6 is 0 Å². The molecule has 0 aliphatic rings. The van der Waals surface area contributed by atoms with Gasteiger partial charge in [0.1, 0.15) is 0 Å². The van der Waals surface area contributed by atoms with Crippen LogP contribution in [0.15, 0.2) is 42.0 Å². The van der Waals surface area contributed by atoms with Crippen molar-refractivity contribution in [1.82, 2.24) is 0 Å². The van der Waals surface area contributed by atoms with Crippen molar-refractivity contribution in [2.45, 2.75) is 20.8 Å². The van der Waals surface area contributed by atoms with Crippen LogP contribution in [-0.2, 0) is 0 Å². The van der Waals surface area contributed by atoms with E-state index < -0.39 is 0 Å². The van der Waals surface area contributed by atoms with E-state index in [0.29, 0.717) is 0 Å². The first-order valence-corrected chi connectivity index (χ1v) is 5.09. The fraction of sp³-hybridized carbons (Fsp3) is 0.214. The van der Waals surface area contributed by atoms with Crippen molar-refractivity contribution in [1.29, 1.82) is 5.41 Å². The summed E-state index contributed by atoms with van der Waals surface area (Å²) in [5.41, 5.74) is 4.45. The highest BCUT2D eigenvalue weighted by atomic mass is 14.3. The lowest BCUT2D eigenvalue weighted by atomic mass is 10.0. The molecule has 0 aliphatic heterocycles. The van der Waals surface area contributed by atoms with Crippen molar-refractivity contribution in [2.24, 2.45) is 0 Å². The minimum absolute atomic E-state index is 0.953. The Kier molecular flexibility index (Phi) is 4.04. The Labute approximate surface area is 91.7 Å². The summed E-state index contributed by atoms with van der Waals surface area (Å²) in [6, 6.07) is 8.22. The normalized spacial score (nSPS) is 12.7. The van der Waals surface area contributed by atoms with Crippen molar-refractivity contribution < 1.29 is 0 Å². The summed E-state index contributed by atoms with van der Waals surface area (Å²) in [4.78, 5) is 0. The fourth-order valence-corrected chi connectivity index (χ4v) is 1.36. The molecule has 0 unspecified atom stereocenters. The first kappa shape index (κ1) is 11.4. The predicted molar refractivity (Wildman–Crippen MR) is 67.4 cm³/mol. The van der Waals surface area contributed by atoms with Gasteiger partial charge in [0.15, 0.2) is 0 Å². The minimum Gasteiger partial charge on any atom is -0.308 e. The highest BCUT2D eigenvalue weighted by molar-refractivity contribution is 6.09. The van der Waals surface area contributed by atoms with Gasteiger partial charge in [-0.15, -0.1) is 0 Å². The number of nitrogens with one attached hydrogen (secondary N) is 1. The Morgan fingerprint density at radius 2 is 2.07 bits per heavy atom. The van der Waals surface area contributed by atoms with Gasteiger partial charge in [-0.05, 0) is 31.9 Å². The standard InChI is InChI=1S/C14H17N/c1-4-11(2)8-14(10-15)13-7-5-6-12(3)9-13/h4-10,15H,1-3H3/b11-4-,14-8+,15-10?. The quantitative estimate of drug-likeness (QED) is 0.562. The highest BCUT2D eigenvalue weighted by Crippen LogP contribution is 2.15. The third kappa shape index (κ3) is 3.21. The summed E-state index contributed by atoms with van der Waals surface area (Å²) >= 11 is 0. The molecule has 1 N–H and O–H groups in total. The van der Waals surface area contributed by atoms with Gasteiger partial charge >= 0.3 is 0 Å². The zero-order valence-electron chi connectivity index (χ0n) is 9.54. The third-order valence-corrected chi connectivity index (χ3v) is 2.35. The van der Waals surface area contributed by atoms with E-state index in [2.05, 4.69) is 19.1 Å². The molecule has 0 saturated carbocycles. The Morgan fingerprint density at radius 1 is 1.33 bits per heavy atom. The summed E-state index contributed by atoms with van der Waals surface area (Å²) < 4.78 is 0. The van der Waals surface area contributed by atoms with Crippen LogP contribution in [-0.4, -0.2) is 6.21 Å². The van der Waals surface area contributed by atoms with Crippen LogP contribution in [0.4, 0.5) is 0 Å². The molecule has 1 aromatic carbocycles. The molecule has 1 nitrogen and oxygen atoms in total. The third-order valence-electron chi connectivity index (χ3n) is 2.35. The van der Waals surface area contributed by atoms with Crippen LogP contribution in [0.2, 0.25) is 0 Å². The van der Waals surface area contributed by atoms with E-state index in [0.717, 1.165) is 11.1 Å². The van der Waals surface area contributed by atoms with E-state index >= 15 is 0 Å². The molecule has 0 aliphatic carbocycles. The maximum Gasteiger partial charge on any atom is 0.0256 e. The molecule has 0 amide bonds.